The molecule has 0 fully saturated rings. The highest BCUT2D eigenvalue weighted by Crippen LogP contribution is 2.01. The number of nitrogens with zero attached hydrogens (tertiary/aromatic N) is 2. The predicted octanol–water partition coefficient (Wildman–Crippen LogP) is 2.66. The average molecular weight is 278 g/mol. The van der Waals surface area contributed by atoms with Crippen molar-refractivity contribution < 1.29 is 0 Å². The first kappa shape index (κ1) is 16.9. The Morgan fingerprint density at radius 3 is 2.35 bits per heavy atom. The van der Waals surface area contributed by atoms with E-state index in [1.54, 1.807) is 0 Å². The maximum Gasteiger partial charge on any atom is 0.123 e. The lowest BCUT2D eigenvalue weighted by molar-refractivity contribution is 0.264. The Balaban J connectivity index is 2.19. The van der Waals surface area contributed by atoms with Crippen molar-refractivity contribution in [2.75, 3.05) is 31.9 Å². The molecule has 0 unspecified atom stereocenters. The zero-order valence-electron chi connectivity index (χ0n) is 13.1. The highest BCUT2D eigenvalue weighted by Gasteiger charge is 2.03. The van der Waals surface area contributed by atoms with Crippen LogP contribution in [0.2, 0.25) is 0 Å². The molecule has 0 aromatic carbocycles. The first-order valence-electron chi connectivity index (χ1n) is 7.89. The van der Waals surface area contributed by atoms with E-state index in [0.717, 1.165) is 19.6 Å². The molecule has 1 heterocycles. The molecule has 0 aliphatic rings. The summed E-state index contributed by atoms with van der Waals surface area (Å²) in [5.74, 6) is 0.582. The fraction of sp³-hybridized carbons (Fsp3) is 0.688. The van der Waals surface area contributed by atoms with Crippen molar-refractivity contribution in [3.8, 4) is 0 Å². The smallest absolute Gasteiger partial charge is 0.123 e. The van der Waals surface area contributed by atoms with Gasteiger partial charge in [0.1, 0.15) is 5.82 Å². The highest BCUT2D eigenvalue weighted by atomic mass is 15.1. The van der Waals surface area contributed by atoms with Crippen LogP contribution in [0.5, 0.6) is 0 Å². The molecule has 4 heteroatoms. The summed E-state index contributed by atoms with van der Waals surface area (Å²) in [5, 5.41) is 3.48. The maximum absolute atomic E-state index is 5.58. The Labute approximate surface area is 123 Å². The Morgan fingerprint density at radius 1 is 1.10 bits per heavy atom. The summed E-state index contributed by atoms with van der Waals surface area (Å²) < 4.78 is 0. The van der Waals surface area contributed by atoms with Crippen molar-refractivity contribution in [2.45, 2.75) is 46.1 Å². The van der Waals surface area contributed by atoms with Gasteiger partial charge in [0.2, 0.25) is 0 Å². The largest absolute Gasteiger partial charge is 0.384 e. The number of anilines is 1. The monoisotopic (exact) mass is 278 g/mol. The predicted molar refractivity (Wildman–Crippen MR) is 86.6 cm³/mol. The first-order valence-corrected chi connectivity index (χ1v) is 7.89. The average Bonchev–Trinajstić information content (AvgIpc) is 2.47. The Kier molecular flexibility index (Phi) is 9.00. The van der Waals surface area contributed by atoms with Crippen LogP contribution >= 0.6 is 0 Å². The minimum Gasteiger partial charge on any atom is -0.384 e. The Bertz CT molecular complexity index is 329. The van der Waals surface area contributed by atoms with Gasteiger partial charge in [0, 0.05) is 25.8 Å². The van der Waals surface area contributed by atoms with Gasteiger partial charge in [-0.1, -0.05) is 32.8 Å². The van der Waals surface area contributed by atoms with Gasteiger partial charge in [0.25, 0.3) is 0 Å². The molecule has 0 aliphatic heterocycles. The molecule has 0 atom stereocenters. The van der Waals surface area contributed by atoms with Gasteiger partial charge in [-0.3, -0.25) is 0 Å². The third-order valence-electron chi connectivity index (χ3n) is 3.44. The SMILES string of the molecule is CCCCN(CCCC)CCNCc1ccc(N)nc1. The van der Waals surface area contributed by atoms with E-state index in [-0.39, 0.29) is 0 Å². The molecule has 114 valence electrons. The van der Waals surface area contributed by atoms with Crippen LogP contribution in [0, 0.1) is 0 Å². The van der Waals surface area contributed by atoms with E-state index in [9.17, 15) is 0 Å². The lowest BCUT2D eigenvalue weighted by Gasteiger charge is -2.22. The molecule has 0 aliphatic carbocycles. The van der Waals surface area contributed by atoms with Crippen LogP contribution in [0.25, 0.3) is 0 Å². The summed E-state index contributed by atoms with van der Waals surface area (Å²) in [7, 11) is 0. The molecular formula is C16H30N4. The van der Waals surface area contributed by atoms with Crippen molar-refractivity contribution in [1.82, 2.24) is 15.2 Å². The molecule has 0 saturated carbocycles. The molecule has 0 bridgehead atoms. The lowest BCUT2D eigenvalue weighted by Crippen LogP contribution is -2.33. The molecule has 3 N–H and O–H groups in total. The molecule has 0 radical (unpaired) electrons. The van der Waals surface area contributed by atoms with Crippen LogP contribution in [-0.2, 0) is 6.54 Å². The third kappa shape index (κ3) is 7.46. The highest BCUT2D eigenvalue weighted by molar-refractivity contribution is 5.29. The number of hydrogen-bond acceptors (Lipinski definition) is 4. The van der Waals surface area contributed by atoms with E-state index in [2.05, 4.69) is 29.0 Å². The summed E-state index contributed by atoms with van der Waals surface area (Å²) >= 11 is 0. The van der Waals surface area contributed by atoms with E-state index in [1.807, 2.05) is 18.3 Å². The summed E-state index contributed by atoms with van der Waals surface area (Å²) in [6.07, 6.45) is 6.98. The van der Waals surface area contributed by atoms with E-state index in [4.69, 9.17) is 5.73 Å². The normalized spacial score (nSPS) is 11.2. The van der Waals surface area contributed by atoms with Gasteiger partial charge in [0.15, 0.2) is 0 Å². The zero-order chi connectivity index (χ0) is 14.6. The minimum atomic E-state index is 0.582. The van der Waals surface area contributed by atoms with Crippen LogP contribution in [0.3, 0.4) is 0 Å². The summed E-state index contributed by atoms with van der Waals surface area (Å²) in [6.45, 7) is 9.97. The summed E-state index contributed by atoms with van der Waals surface area (Å²) in [5.41, 5.74) is 6.76. The fourth-order valence-electron chi connectivity index (χ4n) is 2.11. The molecular weight excluding hydrogens is 248 g/mol. The number of pyridine rings is 1. The van der Waals surface area contributed by atoms with Crippen LogP contribution in [0.4, 0.5) is 5.82 Å². The second kappa shape index (κ2) is 10.6. The van der Waals surface area contributed by atoms with Gasteiger partial charge in [-0.25, -0.2) is 4.98 Å². The quantitative estimate of drug-likeness (QED) is 0.611. The molecule has 1 rings (SSSR count). The van der Waals surface area contributed by atoms with Crippen molar-refractivity contribution in [3.63, 3.8) is 0 Å². The van der Waals surface area contributed by atoms with E-state index < -0.39 is 0 Å². The van der Waals surface area contributed by atoms with Crippen LogP contribution in [0.15, 0.2) is 18.3 Å². The third-order valence-corrected chi connectivity index (χ3v) is 3.44. The molecule has 4 nitrogen and oxygen atoms in total. The molecule has 20 heavy (non-hydrogen) atoms. The summed E-state index contributed by atoms with van der Waals surface area (Å²) in [6, 6.07) is 3.88. The maximum atomic E-state index is 5.58. The van der Waals surface area contributed by atoms with Gasteiger partial charge in [-0.05, 0) is 37.6 Å². The van der Waals surface area contributed by atoms with Crippen molar-refractivity contribution in [3.05, 3.63) is 23.9 Å². The van der Waals surface area contributed by atoms with Gasteiger partial charge in [-0.15, -0.1) is 0 Å². The number of unbranched alkanes of at least 4 members (excludes halogenated alkanes) is 2. The molecule has 0 spiro atoms. The van der Waals surface area contributed by atoms with E-state index >= 15 is 0 Å². The standard InChI is InChI=1S/C16H30N4/c1-3-5-10-20(11-6-4-2)12-9-18-13-15-7-8-16(17)19-14-15/h7-8,14,18H,3-6,9-13H2,1-2H3,(H2,17,19). The van der Waals surface area contributed by atoms with Gasteiger partial charge < -0.3 is 16.0 Å². The van der Waals surface area contributed by atoms with Crippen molar-refractivity contribution in [1.29, 1.82) is 0 Å². The lowest BCUT2D eigenvalue weighted by atomic mass is 10.2. The molecule has 0 amide bonds. The number of nitrogens with two attached hydrogens (primary N) is 1. The van der Waals surface area contributed by atoms with E-state index in [0.29, 0.717) is 5.82 Å². The number of aromatic nitrogens is 1. The number of nitrogens with one attached hydrogen (secondary N) is 1. The topological polar surface area (TPSA) is 54.2 Å². The second-order valence-corrected chi connectivity index (χ2v) is 5.32. The second-order valence-electron chi connectivity index (χ2n) is 5.32. The first-order chi connectivity index (χ1) is 9.76. The van der Waals surface area contributed by atoms with Gasteiger partial charge in [0.05, 0.1) is 0 Å². The van der Waals surface area contributed by atoms with Crippen LogP contribution in [-0.4, -0.2) is 36.1 Å². The fourth-order valence-corrected chi connectivity index (χ4v) is 2.11. The Hall–Kier alpha value is -1.13. The minimum absolute atomic E-state index is 0.582. The van der Waals surface area contributed by atoms with Gasteiger partial charge in [-0.2, -0.15) is 0 Å². The molecule has 1 aromatic rings. The van der Waals surface area contributed by atoms with Crippen molar-refractivity contribution in [2.24, 2.45) is 0 Å². The number of hydrogen-bond donors (Lipinski definition) is 2. The van der Waals surface area contributed by atoms with Crippen LogP contribution < -0.4 is 11.1 Å². The molecule has 1 aromatic heterocycles. The van der Waals surface area contributed by atoms with Crippen LogP contribution in [0.1, 0.15) is 45.1 Å². The van der Waals surface area contributed by atoms with E-state index in [1.165, 1.54) is 44.3 Å². The van der Waals surface area contributed by atoms with Crippen molar-refractivity contribution >= 4 is 5.82 Å². The molecule has 0 saturated heterocycles. The Morgan fingerprint density at radius 2 is 1.80 bits per heavy atom. The zero-order valence-corrected chi connectivity index (χ0v) is 13.1. The summed E-state index contributed by atoms with van der Waals surface area (Å²) in [4.78, 5) is 6.67. The number of nitrogen functional groups attached to an aromatic ring is 1. The van der Waals surface area contributed by atoms with Gasteiger partial charge >= 0.3 is 0 Å². The number of rotatable bonds is 11.